The van der Waals surface area contributed by atoms with Crippen LogP contribution in [0.5, 0.6) is 0 Å². The lowest BCUT2D eigenvalue weighted by Gasteiger charge is -2.05. The van der Waals surface area contributed by atoms with E-state index < -0.39 is 0 Å². The van der Waals surface area contributed by atoms with Crippen LogP contribution in [0.25, 0.3) is 0 Å². The molecule has 0 saturated carbocycles. The average molecular weight is 284 g/mol. The fourth-order valence-electron chi connectivity index (χ4n) is 2.36. The highest BCUT2D eigenvalue weighted by Crippen LogP contribution is 2.11. The van der Waals surface area contributed by atoms with Crippen LogP contribution < -0.4 is 11.1 Å². The highest BCUT2D eigenvalue weighted by atomic mass is 16.1. The van der Waals surface area contributed by atoms with Gasteiger partial charge in [-0.15, -0.1) is 0 Å². The molecule has 0 aliphatic rings. The Morgan fingerprint density at radius 2 is 1.35 bits per heavy atom. The van der Waals surface area contributed by atoms with Crippen molar-refractivity contribution < 1.29 is 4.79 Å². The minimum Gasteiger partial charge on any atom is -0.356 e. The Bertz CT molecular complexity index is 207. The van der Waals surface area contributed by atoms with Crippen LogP contribution in [0.15, 0.2) is 0 Å². The van der Waals surface area contributed by atoms with E-state index in [0.717, 1.165) is 25.8 Å². The molecule has 0 radical (unpaired) electrons. The van der Waals surface area contributed by atoms with Crippen LogP contribution in [-0.4, -0.2) is 19.0 Å². The Morgan fingerprint density at radius 1 is 0.800 bits per heavy atom. The molecule has 3 heteroatoms. The van der Waals surface area contributed by atoms with Crippen LogP contribution in [0.2, 0.25) is 0 Å². The molecule has 0 aromatic heterocycles. The van der Waals surface area contributed by atoms with Crippen molar-refractivity contribution in [3.05, 3.63) is 0 Å². The molecule has 0 fully saturated rings. The number of amides is 1. The number of hydrogen-bond acceptors (Lipinski definition) is 2. The maximum atomic E-state index is 11.5. The summed E-state index contributed by atoms with van der Waals surface area (Å²) in [5.74, 6) is 0.210. The van der Waals surface area contributed by atoms with Crippen molar-refractivity contribution in [1.29, 1.82) is 0 Å². The standard InChI is InChI=1S/C17H36N2O/c1-2-3-4-5-6-7-8-9-10-11-14-17(20)19-16-13-12-15-18/h2-16,18H2,1H3,(H,19,20). The van der Waals surface area contributed by atoms with Gasteiger partial charge in [0.05, 0.1) is 0 Å². The number of nitrogens with two attached hydrogens (primary N) is 1. The first-order valence-electron chi connectivity index (χ1n) is 8.78. The number of hydrogen-bond donors (Lipinski definition) is 2. The summed E-state index contributed by atoms with van der Waals surface area (Å²) in [6, 6.07) is 0. The van der Waals surface area contributed by atoms with Crippen molar-refractivity contribution in [2.75, 3.05) is 13.1 Å². The quantitative estimate of drug-likeness (QED) is 0.444. The van der Waals surface area contributed by atoms with Crippen molar-refractivity contribution >= 4 is 5.91 Å². The summed E-state index contributed by atoms with van der Waals surface area (Å²) in [4.78, 5) is 11.5. The van der Waals surface area contributed by atoms with Crippen molar-refractivity contribution in [3.8, 4) is 0 Å². The molecule has 3 N–H and O–H groups in total. The molecule has 0 atom stereocenters. The van der Waals surface area contributed by atoms with Crippen LogP contribution in [-0.2, 0) is 4.79 Å². The molecule has 0 saturated heterocycles. The predicted octanol–water partition coefficient (Wildman–Crippen LogP) is 4.15. The maximum Gasteiger partial charge on any atom is 0.219 e. The van der Waals surface area contributed by atoms with Gasteiger partial charge in [-0.05, 0) is 25.8 Å². The minimum absolute atomic E-state index is 0.210. The van der Waals surface area contributed by atoms with Gasteiger partial charge in [-0.2, -0.15) is 0 Å². The van der Waals surface area contributed by atoms with Crippen LogP contribution in [0.3, 0.4) is 0 Å². The summed E-state index contributed by atoms with van der Waals surface area (Å²) in [7, 11) is 0. The third-order valence-electron chi connectivity index (χ3n) is 3.71. The summed E-state index contributed by atoms with van der Waals surface area (Å²) in [5.41, 5.74) is 5.40. The molecule has 0 heterocycles. The Balaban J connectivity index is 3.09. The third-order valence-corrected chi connectivity index (χ3v) is 3.71. The van der Waals surface area contributed by atoms with E-state index in [1.54, 1.807) is 0 Å². The van der Waals surface area contributed by atoms with E-state index in [4.69, 9.17) is 5.73 Å². The van der Waals surface area contributed by atoms with Gasteiger partial charge in [-0.3, -0.25) is 4.79 Å². The average Bonchev–Trinajstić information content (AvgIpc) is 2.45. The van der Waals surface area contributed by atoms with Crippen molar-refractivity contribution in [3.63, 3.8) is 0 Å². The molecule has 0 aromatic carbocycles. The molecule has 0 aromatic rings. The normalized spacial score (nSPS) is 10.7. The van der Waals surface area contributed by atoms with Gasteiger partial charge in [-0.25, -0.2) is 0 Å². The zero-order valence-electron chi connectivity index (χ0n) is 13.6. The topological polar surface area (TPSA) is 55.1 Å². The minimum atomic E-state index is 0.210. The largest absolute Gasteiger partial charge is 0.356 e. The van der Waals surface area contributed by atoms with Crippen molar-refractivity contribution in [2.24, 2.45) is 5.73 Å². The van der Waals surface area contributed by atoms with Gasteiger partial charge in [0.25, 0.3) is 0 Å². The fraction of sp³-hybridized carbons (Fsp3) is 0.941. The molecule has 0 spiro atoms. The molecule has 0 unspecified atom stereocenters. The second-order valence-corrected chi connectivity index (χ2v) is 5.78. The van der Waals surface area contributed by atoms with Gasteiger partial charge < -0.3 is 11.1 Å². The zero-order chi connectivity index (χ0) is 14.9. The summed E-state index contributed by atoms with van der Waals surface area (Å²) >= 11 is 0. The molecule has 120 valence electrons. The molecular formula is C17H36N2O. The smallest absolute Gasteiger partial charge is 0.219 e. The van der Waals surface area contributed by atoms with E-state index in [1.165, 1.54) is 57.8 Å². The van der Waals surface area contributed by atoms with Crippen molar-refractivity contribution in [1.82, 2.24) is 5.32 Å². The van der Waals surface area contributed by atoms with Gasteiger partial charge in [0.2, 0.25) is 5.91 Å². The van der Waals surface area contributed by atoms with E-state index in [1.807, 2.05) is 0 Å². The number of unbranched alkanes of at least 4 members (excludes halogenated alkanes) is 10. The van der Waals surface area contributed by atoms with Crippen LogP contribution in [0.4, 0.5) is 0 Å². The summed E-state index contributed by atoms with van der Waals surface area (Å²) in [6.45, 7) is 3.76. The molecule has 20 heavy (non-hydrogen) atoms. The lowest BCUT2D eigenvalue weighted by atomic mass is 10.1. The lowest BCUT2D eigenvalue weighted by molar-refractivity contribution is -0.121. The Hall–Kier alpha value is -0.570. The van der Waals surface area contributed by atoms with E-state index in [-0.39, 0.29) is 5.91 Å². The van der Waals surface area contributed by atoms with E-state index >= 15 is 0 Å². The monoisotopic (exact) mass is 284 g/mol. The summed E-state index contributed by atoms with van der Waals surface area (Å²) in [6.07, 6.45) is 15.8. The number of carbonyl (C=O) groups is 1. The zero-order valence-corrected chi connectivity index (χ0v) is 13.6. The first kappa shape index (κ1) is 19.4. The van der Waals surface area contributed by atoms with Crippen LogP contribution in [0, 0.1) is 0 Å². The van der Waals surface area contributed by atoms with Crippen LogP contribution >= 0.6 is 0 Å². The maximum absolute atomic E-state index is 11.5. The van der Waals surface area contributed by atoms with Crippen LogP contribution in [0.1, 0.15) is 90.4 Å². The summed E-state index contributed by atoms with van der Waals surface area (Å²) in [5, 5.41) is 2.95. The van der Waals surface area contributed by atoms with Gasteiger partial charge >= 0.3 is 0 Å². The lowest BCUT2D eigenvalue weighted by Crippen LogP contribution is -2.24. The molecule has 1 amide bonds. The van der Waals surface area contributed by atoms with Gasteiger partial charge in [0, 0.05) is 13.0 Å². The predicted molar refractivity (Wildman–Crippen MR) is 87.8 cm³/mol. The SMILES string of the molecule is CCCCCCCCCCCCC(=O)NCCCCN. The third kappa shape index (κ3) is 15.5. The van der Waals surface area contributed by atoms with Crippen molar-refractivity contribution in [2.45, 2.75) is 90.4 Å². The Morgan fingerprint density at radius 3 is 1.90 bits per heavy atom. The second kappa shape index (κ2) is 16.5. The highest BCUT2D eigenvalue weighted by Gasteiger charge is 2.00. The molecular weight excluding hydrogens is 248 g/mol. The van der Waals surface area contributed by atoms with Gasteiger partial charge in [-0.1, -0.05) is 64.7 Å². The van der Waals surface area contributed by atoms with E-state index in [0.29, 0.717) is 13.0 Å². The van der Waals surface area contributed by atoms with Gasteiger partial charge in [0.15, 0.2) is 0 Å². The fourth-order valence-corrected chi connectivity index (χ4v) is 2.36. The Kier molecular flexibility index (Phi) is 16.0. The first-order valence-corrected chi connectivity index (χ1v) is 8.78. The van der Waals surface area contributed by atoms with Gasteiger partial charge in [0.1, 0.15) is 0 Å². The molecule has 0 aliphatic carbocycles. The highest BCUT2D eigenvalue weighted by molar-refractivity contribution is 5.75. The molecule has 0 bridgehead atoms. The number of nitrogens with one attached hydrogen (secondary N) is 1. The first-order chi connectivity index (χ1) is 9.81. The number of rotatable bonds is 15. The molecule has 0 rings (SSSR count). The number of carbonyl (C=O) groups excluding carboxylic acids is 1. The molecule has 3 nitrogen and oxygen atoms in total. The Labute approximate surface area is 126 Å². The second-order valence-electron chi connectivity index (χ2n) is 5.78. The van der Waals surface area contributed by atoms with E-state index in [9.17, 15) is 4.79 Å². The summed E-state index contributed by atoms with van der Waals surface area (Å²) < 4.78 is 0. The van der Waals surface area contributed by atoms with E-state index in [2.05, 4.69) is 12.2 Å². The molecule has 0 aliphatic heterocycles.